The van der Waals surface area contributed by atoms with E-state index in [1.807, 2.05) is 30.3 Å². The molecule has 3 rings (SSSR count). The standard InChI is InChI=1S/C24H25IO9/c1-14(26)29-21-20(13-25)34-24(23(31-16(3)28)22(21)30-15(2)27)33-19-11-7-10-18(12-19)32-17-8-5-4-6-9-17/h4-12,20-24H,13H2,1-3H3/t20-,21+,22-,23+,24-/m0/s1. The number of para-hydroxylation sites is 1. The lowest BCUT2D eigenvalue weighted by Crippen LogP contribution is -2.63. The monoisotopic (exact) mass is 584 g/mol. The minimum atomic E-state index is -1.19. The Morgan fingerprint density at radius 2 is 1.32 bits per heavy atom. The highest BCUT2D eigenvalue weighted by molar-refractivity contribution is 14.1. The van der Waals surface area contributed by atoms with Crippen LogP contribution in [0, 0.1) is 0 Å². The van der Waals surface area contributed by atoms with Crippen LogP contribution in [-0.4, -0.2) is 53.0 Å². The molecule has 2 aromatic rings. The van der Waals surface area contributed by atoms with Crippen molar-refractivity contribution in [1.29, 1.82) is 0 Å². The first-order chi connectivity index (χ1) is 16.3. The molecular formula is C24H25IO9. The van der Waals surface area contributed by atoms with E-state index in [1.165, 1.54) is 20.8 Å². The minimum Gasteiger partial charge on any atom is -0.461 e. The fourth-order valence-corrected chi connectivity index (χ4v) is 4.15. The molecule has 1 aliphatic heterocycles. The highest BCUT2D eigenvalue weighted by Crippen LogP contribution is 2.33. The van der Waals surface area contributed by atoms with Gasteiger partial charge in [-0.1, -0.05) is 46.9 Å². The Kier molecular flexibility index (Phi) is 9.11. The van der Waals surface area contributed by atoms with Gasteiger partial charge in [-0.05, 0) is 24.3 Å². The molecule has 0 spiro atoms. The van der Waals surface area contributed by atoms with E-state index >= 15 is 0 Å². The summed E-state index contributed by atoms with van der Waals surface area (Å²) in [4.78, 5) is 35.4. The maximum Gasteiger partial charge on any atom is 0.303 e. The van der Waals surface area contributed by atoms with E-state index in [0.29, 0.717) is 21.7 Å². The van der Waals surface area contributed by atoms with Gasteiger partial charge in [-0.25, -0.2) is 0 Å². The molecule has 182 valence electrons. The third-order valence-corrected chi connectivity index (χ3v) is 5.55. The molecule has 0 bridgehead atoms. The molecule has 0 unspecified atom stereocenters. The molecule has 0 N–H and O–H groups in total. The van der Waals surface area contributed by atoms with Gasteiger partial charge in [0.1, 0.15) is 23.4 Å². The zero-order chi connectivity index (χ0) is 24.7. The van der Waals surface area contributed by atoms with E-state index in [-0.39, 0.29) is 0 Å². The predicted molar refractivity (Wildman–Crippen MR) is 128 cm³/mol. The summed E-state index contributed by atoms with van der Waals surface area (Å²) in [5.74, 6) is -0.332. The Labute approximate surface area is 210 Å². The maximum absolute atomic E-state index is 11.9. The summed E-state index contributed by atoms with van der Waals surface area (Å²) in [5, 5.41) is 0. The smallest absolute Gasteiger partial charge is 0.303 e. The number of benzene rings is 2. The molecule has 5 atom stereocenters. The van der Waals surface area contributed by atoms with Crippen molar-refractivity contribution in [2.45, 2.75) is 51.5 Å². The molecule has 9 nitrogen and oxygen atoms in total. The van der Waals surface area contributed by atoms with Crippen LogP contribution in [-0.2, 0) is 33.3 Å². The van der Waals surface area contributed by atoms with Crippen molar-refractivity contribution < 1.29 is 42.8 Å². The van der Waals surface area contributed by atoms with Crippen LogP contribution in [0.2, 0.25) is 0 Å². The van der Waals surface area contributed by atoms with Crippen molar-refractivity contribution in [2.24, 2.45) is 0 Å². The molecule has 2 aromatic carbocycles. The molecule has 34 heavy (non-hydrogen) atoms. The number of halogens is 1. The average Bonchev–Trinajstić information content (AvgIpc) is 2.77. The zero-order valence-electron chi connectivity index (χ0n) is 18.8. The summed E-state index contributed by atoms with van der Waals surface area (Å²) in [5.41, 5.74) is 0. The van der Waals surface area contributed by atoms with Crippen molar-refractivity contribution in [2.75, 3.05) is 4.43 Å². The molecule has 0 saturated carbocycles. The molecule has 1 aliphatic rings. The lowest BCUT2D eigenvalue weighted by Gasteiger charge is -2.43. The molecule has 0 aromatic heterocycles. The molecule has 0 aliphatic carbocycles. The number of carbonyl (C=O) groups is 3. The summed E-state index contributed by atoms with van der Waals surface area (Å²) in [6.07, 6.45) is -5.15. The van der Waals surface area contributed by atoms with Crippen LogP contribution < -0.4 is 9.47 Å². The summed E-state index contributed by atoms with van der Waals surface area (Å²) in [7, 11) is 0. The Morgan fingerprint density at radius 3 is 1.94 bits per heavy atom. The van der Waals surface area contributed by atoms with Gasteiger partial charge in [0.2, 0.25) is 12.4 Å². The van der Waals surface area contributed by atoms with Gasteiger partial charge in [0, 0.05) is 31.3 Å². The van der Waals surface area contributed by atoms with Crippen LogP contribution in [0.4, 0.5) is 0 Å². The summed E-state index contributed by atoms with van der Waals surface area (Å²) in [6, 6.07) is 16.1. The van der Waals surface area contributed by atoms with Crippen LogP contribution in [0.1, 0.15) is 20.8 Å². The highest BCUT2D eigenvalue weighted by atomic mass is 127. The Bertz CT molecular complexity index is 997. The SMILES string of the molecule is CC(=O)O[C@@H]1[C@@H](OC(C)=O)[C@@H](Oc2cccc(Oc3ccccc3)c2)O[C@@H](CI)[C@H]1OC(C)=O. The van der Waals surface area contributed by atoms with Crippen LogP contribution in [0.3, 0.4) is 0 Å². The second-order valence-corrected chi connectivity index (χ2v) is 8.31. The molecule has 10 heteroatoms. The normalized spacial score (nSPS) is 23.9. The highest BCUT2D eigenvalue weighted by Gasteiger charge is 2.52. The Balaban J connectivity index is 1.89. The Hall–Kier alpha value is -2.86. The van der Waals surface area contributed by atoms with Crippen molar-refractivity contribution in [3.8, 4) is 17.2 Å². The number of hydrogen-bond acceptors (Lipinski definition) is 9. The average molecular weight is 584 g/mol. The number of ether oxygens (including phenoxy) is 6. The molecular weight excluding hydrogens is 559 g/mol. The van der Waals surface area contributed by atoms with Gasteiger partial charge in [-0.3, -0.25) is 14.4 Å². The lowest BCUT2D eigenvalue weighted by molar-refractivity contribution is -0.279. The van der Waals surface area contributed by atoms with E-state index in [4.69, 9.17) is 28.4 Å². The second kappa shape index (κ2) is 12.0. The summed E-state index contributed by atoms with van der Waals surface area (Å²) in [6.45, 7) is 3.66. The lowest BCUT2D eigenvalue weighted by atomic mass is 9.99. The fourth-order valence-electron chi connectivity index (χ4n) is 3.44. The van der Waals surface area contributed by atoms with E-state index in [1.54, 1.807) is 24.3 Å². The fraction of sp³-hybridized carbons (Fsp3) is 0.375. The van der Waals surface area contributed by atoms with Crippen molar-refractivity contribution in [1.82, 2.24) is 0 Å². The van der Waals surface area contributed by atoms with E-state index in [9.17, 15) is 14.4 Å². The third kappa shape index (κ3) is 7.07. The van der Waals surface area contributed by atoms with Gasteiger partial charge in [-0.15, -0.1) is 0 Å². The molecule has 1 heterocycles. The van der Waals surface area contributed by atoms with Crippen LogP contribution in [0.25, 0.3) is 0 Å². The Morgan fingerprint density at radius 1 is 0.765 bits per heavy atom. The van der Waals surface area contributed by atoms with Gasteiger partial charge in [0.25, 0.3) is 0 Å². The second-order valence-electron chi connectivity index (χ2n) is 7.43. The van der Waals surface area contributed by atoms with Crippen molar-refractivity contribution >= 4 is 40.5 Å². The predicted octanol–water partition coefficient (Wildman–Crippen LogP) is 3.81. The zero-order valence-corrected chi connectivity index (χ0v) is 21.0. The van der Waals surface area contributed by atoms with Crippen LogP contribution in [0.15, 0.2) is 54.6 Å². The van der Waals surface area contributed by atoms with E-state index in [2.05, 4.69) is 22.6 Å². The minimum absolute atomic E-state index is 0.371. The van der Waals surface area contributed by atoms with Crippen LogP contribution >= 0.6 is 22.6 Å². The topological polar surface area (TPSA) is 107 Å². The summed E-state index contributed by atoms with van der Waals surface area (Å²) >= 11 is 2.06. The largest absolute Gasteiger partial charge is 0.461 e. The number of hydrogen-bond donors (Lipinski definition) is 0. The van der Waals surface area contributed by atoms with Gasteiger partial charge in [-0.2, -0.15) is 0 Å². The van der Waals surface area contributed by atoms with Crippen molar-refractivity contribution in [3.63, 3.8) is 0 Å². The molecule has 0 radical (unpaired) electrons. The summed E-state index contributed by atoms with van der Waals surface area (Å²) < 4.78 is 34.5. The first-order valence-corrected chi connectivity index (χ1v) is 12.0. The molecule has 0 amide bonds. The number of esters is 3. The van der Waals surface area contributed by atoms with Gasteiger partial charge in [0.05, 0.1) is 0 Å². The first kappa shape index (κ1) is 25.8. The number of rotatable bonds is 8. The van der Waals surface area contributed by atoms with Gasteiger partial charge >= 0.3 is 17.9 Å². The third-order valence-electron chi connectivity index (χ3n) is 4.69. The van der Waals surface area contributed by atoms with Gasteiger partial charge < -0.3 is 28.4 Å². The quantitative estimate of drug-likeness (QED) is 0.198. The van der Waals surface area contributed by atoms with E-state index in [0.717, 1.165) is 0 Å². The van der Waals surface area contributed by atoms with E-state index < -0.39 is 48.6 Å². The van der Waals surface area contributed by atoms with Crippen molar-refractivity contribution in [3.05, 3.63) is 54.6 Å². The van der Waals surface area contributed by atoms with Gasteiger partial charge in [0.15, 0.2) is 12.2 Å². The number of carbonyl (C=O) groups excluding carboxylic acids is 3. The van der Waals surface area contributed by atoms with Crippen LogP contribution in [0.5, 0.6) is 17.2 Å². The molecule has 1 saturated heterocycles. The first-order valence-electron chi connectivity index (χ1n) is 10.5. The number of alkyl halides is 1. The maximum atomic E-state index is 11.9. The molecule has 1 fully saturated rings.